The van der Waals surface area contributed by atoms with Crippen molar-refractivity contribution >= 4 is 28.6 Å². The number of nitrogens with zero attached hydrogens (tertiary/aromatic N) is 3. The highest BCUT2D eigenvalue weighted by Gasteiger charge is 2.35. The number of amides is 1. The number of hydrogen-bond acceptors (Lipinski definition) is 5. The first-order chi connectivity index (χ1) is 16.1. The predicted molar refractivity (Wildman–Crippen MR) is 122 cm³/mol. The van der Waals surface area contributed by atoms with Crippen molar-refractivity contribution in [2.24, 2.45) is 0 Å². The lowest BCUT2D eigenvalue weighted by molar-refractivity contribution is -0.140. The van der Waals surface area contributed by atoms with Gasteiger partial charge in [-0.3, -0.25) is 4.79 Å². The van der Waals surface area contributed by atoms with Crippen LogP contribution in [0.3, 0.4) is 0 Å². The summed E-state index contributed by atoms with van der Waals surface area (Å²) in [4.78, 5) is 23.7. The van der Waals surface area contributed by atoms with Crippen LogP contribution in [-0.2, 0) is 6.18 Å². The first kappa shape index (κ1) is 23.7. The standard InChI is InChI=1S/C24H25F4N5O/c1-33(2)21-17-5-3-4-6-20(17)31-23(32-21)30-16-10-8-15(9-11-16)29-22(34)14-7-12-19(25)18(13-14)24(26,27)28/h3-7,12-13,15-16H,8-11H2,1-2H3,(H,29,34)(H,30,31,32). The third-order valence-electron chi connectivity index (χ3n) is 5.94. The summed E-state index contributed by atoms with van der Waals surface area (Å²) in [7, 11) is 3.84. The summed E-state index contributed by atoms with van der Waals surface area (Å²) in [5.41, 5.74) is -0.822. The topological polar surface area (TPSA) is 70.2 Å². The zero-order valence-electron chi connectivity index (χ0n) is 18.8. The normalized spacial score (nSPS) is 18.5. The number of carbonyl (C=O) groups is 1. The van der Waals surface area contributed by atoms with E-state index in [9.17, 15) is 22.4 Å². The SMILES string of the molecule is CN(C)c1nc(NC2CCC(NC(=O)c3ccc(F)c(C(F)(F)F)c3)CC2)nc2ccccc12. The van der Waals surface area contributed by atoms with Crippen LogP contribution in [0.4, 0.5) is 29.3 Å². The van der Waals surface area contributed by atoms with Crippen LogP contribution >= 0.6 is 0 Å². The molecule has 4 rings (SSSR count). The molecule has 0 spiro atoms. The lowest BCUT2D eigenvalue weighted by Gasteiger charge is -2.30. The van der Waals surface area contributed by atoms with Crippen molar-refractivity contribution in [3.05, 3.63) is 59.4 Å². The van der Waals surface area contributed by atoms with E-state index in [0.29, 0.717) is 30.9 Å². The summed E-state index contributed by atoms with van der Waals surface area (Å²) in [6, 6.07) is 9.98. The number of hydrogen-bond donors (Lipinski definition) is 2. The smallest absolute Gasteiger partial charge is 0.362 e. The fourth-order valence-corrected chi connectivity index (χ4v) is 4.18. The zero-order valence-corrected chi connectivity index (χ0v) is 18.8. The van der Waals surface area contributed by atoms with Crippen LogP contribution in [0.1, 0.15) is 41.6 Å². The highest BCUT2D eigenvalue weighted by atomic mass is 19.4. The van der Waals surface area contributed by atoms with Crippen LogP contribution in [0.25, 0.3) is 10.9 Å². The summed E-state index contributed by atoms with van der Waals surface area (Å²) >= 11 is 0. The van der Waals surface area contributed by atoms with E-state index in [2.05, 4.69) is 20.6 Å². The summed E-state index contributed by atoms with van der Waals surface area (Å²) < 4.78 is 52.3. The molecule has 6 nitrogen and oxygen atoms in total. The Morgan fingerprint density at radius 1 is 1.00 bits per heavy atom. The van der Waals surface area contributed by atoms with Crippen molar-refractivity contribution in [3.63, 3.8) is 0 Å². The Hall–Kier alpha value is -3.43. The van der Waals surface area contributed by atoms with E-state index in [1.54, 1.807) is 0 Å². The van der Waals surface area contributed by atoms with Crippen molar-refractivity contribution in [2.45, 2.75) is 43.9 Å². The maximum absolute atomic E-state index is 13.5. The Bertz CT molecular complexity index is 1190. The fourth-order valence-electron chi connectivity index (χ4n) is 4.18. The van der Waals surface area contributed by atoms with E-state index < -0.39 is 23.5 Å². The number of para-hydroxylation sites is 1. The number of benzene rings is 2. The summed E-state index contributed by atoms with van der Waals surface area (Å²) in [6.45, 7) is 0. The van der Waals surface area contributed by atoms with E-state index in [0.717, 1.165) is 35.6 Å². The van der Waals surface area contributed by atoms with E-state index in [-0.39, 0.29) is 17.6 Å². The zero-order chi connectivity index (χ0) is 24.5. The Morgan fingerprint density at radius 2 is 1.68 bits per heavy atom. The van der Waals surface area contributed by atoms with Gasteiger partial charge in [0.25, 0.3) is 5.91 Å². The van der Waals surface area contributed by atoms with Crippen LogP contribution in [0, 0.1) is 5.82 Å². The van der Waals surface area contributed by atoms with Crippen molar-refractivity contribution in [2.75, 3.05) is 24.3 Å². The number of fused-ring (bicyclic) bond motifs is 1. The van der Waals surface area contributed by atoms with E-state index in [4.69, 9.17) is 0 Å². The third-order valence-corrected chi connectivity index (χ3v) is 5.94. The number of halogens is 4. The third kappa shape index (κ3) is 5.21. The Balaban J connectivity index is 1.37. The molecule has 1 heterocycles. The number of aromatic nitrogens is 2. The summed E-state index contributed by atoms with van der Waals surface area (Å²) in [5.74, 6) is -0.702. The molecule has 0 aliphatic heterocycles. The minimum absolute atomic E-state index is 0.104. The minimum Gasteiger partial charge on any atom is -0.362 e. The van der Waals surface area contributed by atoms with Crippen LogP contribution in [0.5, 0.6) is 0 Å². The first-order valence-electron chi connectivity index (χ1n) is 11.0. The molecule has 1 aliphatic carbocycles. The molecular formula is C24H25F4N5O. The molecule has 0 unspecified atom stereocenters. The molecule has 34 heavy (non-hydrogen) atoms. The molecule has 180 valence electrons. The molecule has 0 bridgehead atoms. The largest absolute Gasteiger partial charge is 0.419 e. The first-order valence-corrected chi connectivity index (χ1v) is 11.0. The molecule has 2 N–H and O–H groups in total. The molecule has 0 saturated heterocycles. The molecule has 3 aromatic rings. The highest BCUT2D eigenvalue weighted by Crippen LogP contribution is 2.32. The molecule has 1 fully saturated rings. The van der Waals surface area contributed by atoms with Gasteiger partial charge in [0.1, 0.15) is 11.6 Å². The molecule has 0 radical (unpaired) electrons. The molecule has 1 aromatic heterocycles. The van der Waals surface area contributed by atoms with Gasteiger partial charge in [0.05, 0.1) is 11.1 Å². The molecular weight excluding hydrogens is 450 g/mol. The van der Waals surface area contributed by atoms with Gasteiger partial charge < -0.3 is 15.5 Å². The second-order valence-electron chi connectivity index (χ2n) is 8.64. The van der Waals surface area contributed by atoms with Crippen molar-refractivity contribution in [1.82, 2.24) is 15.3 Å². The molecule has 1 amide bonds. The number of nitrogens with one attached hydrogen (secondary N) is 2. The average Bonchev–Trinajstić information content (AvgIpc) is 2.79. The second kappa shape index (κ2) is 9.44. The van der Waals surface area contributed by atoms with Crippen LogP contribution < -0.4 is 15.5 Å². The van der Waals surface area contributed by atoms with Gasteiger partial charge in [0.2, 0.25) is 5.95 Å². The Morgan fingerprint density at radius 3 is 2.35 bits per heavy atom. The van der Waals surface area contributed by atoms with E-state index in [1.165, 1.54) is 0 Å². The Labute approximate surface area is 194 Å². The van der Waals surface area contributed by atoms with Crippen LogP contribution in [0.2, 0.25) is 0 Å². The lowest BCUT2D eigenvalue weighted by Crippen LogP contribution is -2.40. The van der Waals surface area contributed by atoms with Crippen molar-refractivity contribution in [1.29, 1.82) is 0 Å². The van der Waals surface area contributed by atoms with Crippen molar-refractivity contribution < 1.29 is 22.4 Å². The quantitative estimate of drug-likeness (QED) is 0.508. The molecule has 2 aromatic carbocycles. The average molecular weight is 475 g/mol. The van der Waals surface area contributed by atoms with Gasteiger partial charge in [-0.05, 0) is 56.0 Å². The monoisotopic (exact) mass is 475 g/mol. The van der Waals surface area contributed by atoms with Gasteiger partial charge >= 0.3 is 6.18 Å². The van der Waals surface area contributed by atoms with Gasteiger partial charge in [-0.1, -0.05) is 12.1 Å². The predicted octanol–water partition coefficient (Wildman–Crippen LogP) is 5.01. The summed E-state index contributed by atoms with van der Waals surface area (Å²) in [6.07, 6.45) is -2.11. The maximum atomic E-state index is 13.5. The van der Waals surface area contributed by atoms with E-state index >= 15 is 0 Å². The van der Waals surface area contributed by atoms with Gasteiger partial charge in [0, 0.05) is 37.1 Å². The highest BCUT2D eigenvalue weighted by molar-refractivity contribution is 5.94. The van der Waals surface area contributed by atoms with Gasteiger partial charge in [-0.15, -0.1) is 0 Å². The maximum Gasteiger partial charge on any atom is 0.419 e. The lowest BCUT2D eigenvalue weighted by atomic mass is 9.91. The van der Waals surface area contributed by atoms with Crippen LogP contribution in [0.15, 0.2) is 42.5 Å². The molecule has 0 atom stereocenters. The van der Waals surface area contributed by atoms with Gasteiger partial charge in [-0.25, -0.2) is 9.37 Å². The van der Waals surface area contributed by atoms with Crippen LogP contribution in [-0.4, -0.2) is 42.1 Å². The fraction of sp³-hybridized carbons (Fsp3) is 0.375. The molecule has 1 aliphatic rings. The second-order valence-corrected chi connectivity index (χ2v) is 8.64. The minimum atomic E-state index is -4.86. The number of carbonyl (C=O) groups excluding carboxylic acids is 1. The summed E-state index contributed by atoms with van der Waals surface area (Å²) in [5, 5.41) is 7.10. The van der Waals surface area contributed by atoms with Gasteiger partial charge in [-0.2, -0.15) is 18.2 Å². The number of anilines is 2. The Kier molecular flexibility index (Phi) is 6.58. The van der Waals surface area contributed by atoms with Gasteiger partial charge in [0.15, 0.2) is 0 Å². The van der Waals surface area contributed by atoms with Crippen molar-refractivity contribution in [3.8, 4) is 0 Å². The number of rotatable bonds is 5. The molecule has 1 saturated carbocycles. The molecule has 10 heteroatoms. The number of alkyl halides is 3. The van der Waals surface area contributed by atoms with E-state index in [1.807, 2.05) is 43.3 Å².